The van der Waals surface area contributed by atoms with E-state index in [1.807, 2.05) is 6.92 Å². The highest BCUT2D eigenvalue weighted by Crippen LogP contribution is 2.11. The second kappa shape index (κ2) is 6.71. The van der Waals surface area contributed by atoms with Gasteiger partial charge in [-0.3, -0.25) is 9.69 Å². The van der Waals surface area contributed by atoms with Crippen LogP contribution < -0.4 is 5.32 Å². The molecule has 0 aliphatic heterocycles. The zero-order valence-corrected chi connectivity index (χ0v) is 11.8. The predicted molar refractivity (Wildman–Crippen MR) is 71.6 cm³/mol. The van der Waals surface area contributed by atoms with Crippen LogP contribution in [0.25, 0.3) is 0 Å². The molecule has 0 aliphatic rings. The molecule has 5 heteroatoms. The normalized spacial score (nSPS) is 12.8. The Morgan fingerprint density at radius 1 is 1.53 bits per heavy atom. The summed E-state index contributed by atoms with van der Waals surface area (Å²) in [5.41, 5.74) is 2.51. The van der Waals surface area contributed by atoms with Gasteiger partial charge in [0.15, 0.2) is 0 Å². The number of hydrogen-bond donors (Lipinski definition) is 1. The van der Waals surface area contributed by atoms with Crippen LogP contribution in [0.2, 0.25) is 0 Å². The Hall–Kier alpha value is -0.940. The summed E-state index contributed by atoms with van der Waals surface area (Å²) < 4.78 is 0. The van der Waals surface area contributed by atoms with E-state index in [9.17, 15) is 4.79 Å². The van der Waals surface area contributed by atoms with Gasteiger partial charge in [-0.15, -0.1) is 11.3 Å². The fourth-order valence-corrected chi connectivity index (χ4v) is 2.54. The maximum Gasteiger partial charge on any atom is 0.263 e. The maximum absolute atomic E-state index is 11.9. The smallest absolute Gasteiger partial charge is 0.263 e. The first-order valence-electron chi connectivity index (χ1n) is 6.02. The summed E-state index contributed by atoms with van der Waals surface area (Å²) in [6, 6.07) is 0.363. The molecule has 0 bridgehead atoms. The van der Waals surface area contributed by atoms with E-state index in [-0.39, 0.29) is 5.91 Å². The summed E-state index contributed by atoms with van der Waals surface area (Å²) >= 11 is 1.39. The largest absolute Gasteiger partial charge is 0.350 e. The van der Waals surface area contributed by atoms with Crippen molar-refractivity contribution in [3.8, 4) is 0 Å². The highest BCUT2D eigenvalue weighted by atomic mass is 32.1. The van der Waals surface area contributed by atoms with Crippen molar-refractivity contribution in [2.24, 2.45) is 0 Å². The Morgan fingerprint density at radius 2 is 2.18 bits per heavy atom. The highest BCUT2D eigenvalue weighted by Gasteiger charge is 2.14. The third-order valence-electron chi connectivity index (χ3n) is 2.95. The van der Waals surface area contributed by atoms with E-state index >= 15 is 0 Å². The molecule has 1 heterocycles. The van der Waals surface area contributed by atoms with Gasteiger partial charge in [-0.25, -0.2) is 4.98 Å². The fourth-order valence-electron chi connectivity index (χ4n) is 1.82. The van der Waals surface area contributed by atoms with Crippen molar-refractivity contribution in [2.75, 3.05) is 19.6 Å². The maximum atomic E-state index is 11.9. The number of rotatable bonds is 6. The van der Waals surface area contributed by atoms with Gasteiger partial charge in [0.1, 0.15) is 4.88 Å². The number of nitrogens with one attached hydrogen (secondary N) is 1. The van der Waals surface area contributed by atoms with Crippen molar-refractivity contribution in [1.29, 1.82) is 0 Å². The van der Waals surface area contributed by atoms with E-state index in [2.05, 4.69) is 36.0 Å². The number of nitrogens with zero attached hydrogens (tertiary/aromatic N) is 2. The van der Waals surface area contributed by atoms with E-state index in [1.165, 1.54) is 11.3 Å². The van der Waals surface area contributed by atoms with E-state index in [0.29, 0.717) is 12.6 Å². The number of likely N-dealkylation sites (N-methyl/N-ethyl adjacent to an activating group) is 1. The number of carbonyl (C=O) groups excluding carboxylic acids is 1. The molecular weight excluding hydrogens is 234 g/mol. The van der Waals surface area contributed by atoms with Crippen molar-refractivity contribution in [3.05, 3.63) is 16.1 Å². The second-order valence-electron chi connectivity index (χ2n) is 4.05. The van der Waals surface area contributed by atoms with Crippen LogP contribution in [0.1, 0.15) is 36.1 Å². The van der Waals surface area contributed by atoms with Gasteiger partial charge in [0, 0.05) is 12.6 Å². The summed E-state index contributed by atoms with van der Waals surface area (Å²) in [5, 5.41) is 2.96. The molecule has 1 aromatic rings. The number of carbonyl (C=O) groups is 1. The Bertz CT molecular complexity index is 360. The van der Waals surface area contributed by atoms with Crippen LogP contribution >= 0.6 is 11.3 Å². The molecule has 17 heavy (non-hydrogen) atoms. The first-order valence-corrected chi connectivity index (χ1v) is 6.90. The molecule has 1 aromatic heterocycles. The van der Waals surface area contributed by atoms with Crippen LogP contribution in [0.15, 0.2) is 5.51 Å². The van der Waals surface area contributed by atoms with Crippen LogP contribution in [0.3, 0.4) is 0 Å². The van der Waals surface area contributed by atoms with Crippen molar-refractivity contribution in [2.45, 2.75) is 33.7 Å². The predicted octanol–water partition coefficient (Wildman–Crippen LogP) is 1.91. The summed E-state index contributed by atoms with van der Waals surface area (Å²) in [4.78, 5) is 19.0. The Balaban J connectivity index is 2.46. The van der Waals surface area contributed by atoms with Crippen molar-refractivity contribution < 1.29 is 4.79 Å². The molecule has 96 valence electrons. The molecule has 1 rings (SSSR count). The van der Waals surface area contributed by atoms with E-state index in [0.717, 1.165) is 23.7 Å². The average Bonchev–Trinajstić information content (AvgIpc) is 2.74. The standard InChI is InChI=1S/C12H21N3OS/c1-5-15(6-2)9(3)7-13-12(16)11-10(4)14-8-17-11/h8-9H,5-7H2,1-4H3,(H,13,16)/t9-/m0/s1. The van der Waals surface area contributed by atoms with Gasteiger partial charge in [-0.1, -0.05) is 13.8 Å². The molecule has 0 spiro atoms. The van der Waals surface area contributed by atoms with Gasteiger partial charge < -0.3 is 5.32 Å². The molecule has 0 saturated heterocycles. The molecule has 0 radical (unpaired) electrons. The first-order chi connectivity index (χ1) is 8.10. The van der Waals surface area contributed by atoms with Gasteiger partial charge in [-0.05, 0) is 26.9 Å². The van der Waals surface area contributed by atoms with E-state index in [1.54, 1.807) is 5.51 Å². The fraction of sp³-hybridized carbons (Fsp3) is 0.667. The van der Waals surface area contributed by atoms with Crippen LogP contribution in [0.4, 0.5) is 0 Å². The summed E-state index contributed by atoms with van der Waals surface area (Å²) in [5.74, 6) is -0.0102. The minimum atomic E-state index is -0.0102. The quantitative estimate of drug-likeness (QED) is 0.844. The molecule has 1 amide bonds. The third kappa shape index (κ3) is 3.78. The summed E-state index contributed by atoms with van der Waals surface area (Å²) in [6.07, 6.45) is 0. The van der Waals surface area contributed by atoms with Gasteiger partial charge >= 0.3 is 0 Å². The zero-order chi connectivity index (χ0) is 12.8. The van der Waals surface area contributed by atoms with Crippen molar-refractivity contribution >= 4 is 17.2 Å². The second-order valence-corrected chi connectivity index (χ2v) is 4.90. The van der Waals surface area contributed by atoms with Crippen LogP contribution in [0, 0.1) is 6.92 Å². The minimum Gasteiger partial charge on any atom is -0.350 e. The molecule has 1 atom stereocenters. The lowest BCUT2D eigenvalue weighted by molar-refractivity contribution is 0.0941. The Labute approximate surface area is 107 Å². The lowest BCUT2D eigenvalue weighted by atomic mass is 10.2. The van der Waals surface area contributed by atoms with Crippen molar-refractivity contribution in [3.63, 3.8) is 0 Å². The lowest BCUT2D eigenvalue weighted by Gasteiger charge is -2.26. The molecular formula is C12H21N3OS. The number of thiazole rings is 1. The lowest BCUT2D eigenvalue weighted by Crippen LogP contribution is -2.41. The Kier molecular flexibility index (Phi) is 5.58. The third-order valence-corrected chi connectivity index (χ3v) is 3.87. The average molecular weight is 255 g/mol. The highest BCUT2D eigenvalue weighted by molar-refractivity contribution is 7.11. The molecule has 0 saturated carbocycles. The Morgan fingerprint density at radius 3 is 2.65 bits per heavy atom. The van der Waals surface area contributed by atoms with Crippen LogP contribution in [0.5, 0.6) is 0 Å². The minimum absolute atomic E-state index is 0.0102. The van der Waals surface area contributed by atoms with Gasteiger partial charge in [0.05, 0.1) is 11.2 Å². The van der Waals surface area contributed by atoms with E-state index in [4.69, 9.17) is 0 Å². The van der Waals surface area contributed by atoms with Gasteiger partial charge in [0.2, 0.25) is 0 Å². The number of amides is 1. The SMILES string of the molecule is CCN(CC)[C@@H](C)CNC(=O)c1scnc1C. The van der Waals surface area contributed by atoms with Gasteiger partial charge in [0.25, 0.3) is 5.91 Å². The summed E-state index contributed by atoms with van der Waals surface area (Å²) in [7, 11) is 0. The number of hydrogen-bond acceptors (Lipinski definition) is 4. The molecule has 4 nitrogen and oxygen atoms in total. The summed E-state index contributed by atoms with van der Waals surface area (Å²) in [6.45, 7) is 11.0. The number of aryl methyl sites for hydroxylation is 1. The molecule has 1 N–H and O–H groups in total. The number of aromatic nitrogens is 1. The topological polar surface area (TPSA) is 45.2 Å². The molecule has 0 aromatic carbocycles. The van der Waals surface area contributed by atoms with Crippen LogP contribution in [-0.4, -0.2) is 41.5 Å². The van der Waals surface area contributed by atoms with E-state index < -0.39 is 0 Å². The molecule has 0 unspecified atom stereocenters. The zero-order valence-electron chi connectivity index (χ0n) is 11.0. The first kappa shape index (κ1) is 14.1. The molecule has 0 aliphatic carbocycles. The van der Waals surface area contributed by atoms with Crippen LogP contribution in [-0.2, 0) is 0 Å². The molecule has 0 fully saturated rings. The van der Waals surface area contributed by atoms with Gasteiger partial charge in [-0.2, -0.15) is 0 Å². The van der Waals surface area contributed by atoms with Crippen molar-refractivity contribution in [1.82, 2.24) is 15.2 Å². The monoisotopic (exact) mass is 255 g/mol.